The fraction of sp³-hybridized carbons (Fsp3) is 0.333. The van der Waals surface area contributed by atoms with Crippen molar-refractivity contribution in [2.75, 3.05) is 0 Å². The first-order valence-corrected chi connectivity index (χ1v) is 6.99. The van der Waals surface area contributed by atoms with Crippen molar-refractivity contribution in [1.29, 1.82) is 0 Å². The Balaban J connectivity index is 0.000000200. The van der Waals surface area contributed by atoms with E-state index >= 15 is 0 Å². The lowest BCUT2D eigenvalue weighted by atomic mass is 10.0. The Morgan fingerprint density at radius 1 is 0.600 bits per heavy atom. The van der Waals surface area contributed by atoms with Gasteiger partial charge in [-0.2, -0.15) is 0 Å². The van der Waals surface area contributed by atoms with Gasteiger partial charge in [0.25, 0.3) is 0 Å². The summed E-state index contributed by atoms with van der Waals surface area (Å²) in [5.74, 6) is 1.61. The maximum Gasteiger partial charge on any atom is 0.119 e. The van der Waals surface area contributed by atoms with E-state index in [4.69, 9.17) is 0 Å². The van der Waals surface area contributed by atoms with Gasteiger partial charge in [-0.3, -0.25) is 0 Å². The van der Waals surface area contributed by atoms with Gasteiger partial charge in [0.2, 0.25) is 0 Å². The van der Waals surface area contributed by atoms with Crippen LogP contribution in [0.5, 0.6) is 11.5 Å². The Morgan fingerprint density at radius 2 is 0.900 bits per heavy atom. The molecule has 0 atom stereocenters. The van der Waals surface area contributed by atoms with E-state index in [0.29, 0.717) is 23.3 Å². The minimum absolute atomic E-state index is 0.400. The molecule has 0 saturated heterocycles. The summed E-state index contributed by atoms with van der Waals surface area (Å²) < 4.78 is 0. The second-order valence-corrected chi connectivity index (χ2v) is 5.43. The van der Waals surface area contributed by atoms with Gasteiger partial charge in [-0.25, -0.2) is 0 Å². The highest BCUT2D eigenvalue weighted by molar-refractivity contribution is 5.34. The lowest BCUT2D eigenvalue weighted by Gasteiger charge is -2.05. The SMILES string of the molecule is CC(C)c1ccccc1O.CC(C)c1ccccc1O. The third-order valence-electron chi connectivity index (χ3n) is 3.12. The third-order valence-corrected chi connectivity index (χ3v) is 3.12. The summed E-state index contributed by atoms with van der Waals surface area (Å²) in [4.78, 5) is 0. The van der Waals surface area contributed by atoms with Crippen LogP contribution in [0.25, 0.3) is 0 Å². The molecular weight excluding hydrogens is 248 g/mol. The van der Waals surface area contributed by atoms with Crippen molar-refractivity contribution in [3.05, 3.63) is 59.7 Å². The summed E-state index contributed by atoms with van der Waals surface area (Å²) >= 11 is 0. The Hall–Kier alpha value is -1.96. The zero-order chi connectivity index (χ0) is 15.1. The molecule has 0 unspecified atom stereocenters. The summed E-state index contributed by atoms with van der Waals surface area (Å²) in [6.07, 6.45) is 0. The predicted octanol–water partition coefficient (Wildman–Crippen LogP) is 5.03. The van der Waals surface area contributed by atoms with Crippen LogP contribution in [0.2, 0.25) is 0 Å². The second-order valence-electron chi connectivity index (χ2n) is 5.43. The van der Waals surface area contributed by atoms with Gasteiger partial charge < -0.3 is 10.2 Å². The smallest absolute Gasteiger partial charge is 0.119 e. The molecule has 0 aliphatic carbocycles. The molecule has 2 N–H and O–H groups in total. The summed E-state index contributed by atoms with van der Waals surface area (Å²) in [6.45, 7) is 8.26. The maximum atomic E-state index is 9.28. The van der Waals surface area contributed by atoms with E-state index < -0.39 is 0 Å². The van der Waals surface area contributed by atoms with Crippen LogP contribution in [0, 0.1) is 0 Å². The van der Waals surface area contributed by atoms with Crippen LogP contribution in [-0.2, 0) is 0 Å². The first-order chi connectivity index (χ1) is 9.43. The number of hydrogen-bond acceptors (Lipinski definition) is 2. The third kappa shape index (κ3) is 4.61. The van der Waals surface area contributed by atoms with Gasteiger partial charge in [0.05, 0.1) is 0 Å². The van der Waals surface area contributed by atoms with E-state index in [-0.39, 0.29) is 0 Å². The zero-order valence-corrected chi connectivity index (χ0v) is 12.7. The topological polar surface area (TPSA) is 40.5 Å². The normalized spacial score (nSPS) is 10.3. The Bertz CT molecular complexity index is 481. The Morgan fingerprint density at radius 3 is 1.10 bits per heavy atom. The fourth-order valence-corrected chi connectivity index (χ4v) is 1.95. The molecule has 2 rings (SSSR count). The van der Waals surface area contributed by atoms with Gasteiger partial charge in [0, 0.05) is 0 Å². The van der Waals surface area contributed by atoms with Crippen molar-refractivity contribution in [2.24, 2.45) is 0 Å². The minimum Gasteiger partial charge on any atom is -0.508 e. The van der Waals surface area contributed by atoms with Crippen LogP contribution in [0.4, 0.5) is 0 Å². The number of benzene rings is 2. The molecule has 20 heavy (non-hydrogen) atoms. The van der Waals surface area contributed by atoms with Gasteiger partial charge >= 0.3 is 0 Å². The highest BCUT2D eigenvalue weighted by atomic mass is 16.3. The number of rotatable bonds is 2. The molecule has 2 heteroatoms. The van der Waals surface area contributed by atoms with Crippen LogP contribution in [-0.4, -0.2) is 10.2 Å². The average Bonchev–Trinajstić information content (AvgIpc) is 2.40. The monoisotopic (exact) mass is 272 g/mol. The molecule has 0 spiro atoms. The Labute approximate surface area is 121 Å². The van der Waals surface area contributed by atoms with Gasteiger partial charge in [-0.05, 0) is 35.1 Å². The summed E-state index contributed by atoms with van der Waals surface area (Å²) in [5.41, 5.74) is 2.03. The van der Waals surface area contributed by atoms with E-state index in [1.54, 1.807) is 12.1 Å². The second kappa shape index (κ2) is 7.59. The number of phenolic OH excluding ortho intramolecular Hbond substituents is 2. The maximum absolute atomic E-state index is 9.28. The Kier molecular flexibility index (Phi) is 6.10. The van der Waals surface area contributed by atoms with Crippen LogP contribution in [0.1, 0.15) is 50.7 Å². The van der Waals surface area contributed by atoms with Crippen molar-refractivity contribution < 1.29 is 10.2 Å². The van der Waals surface area contributed by atoms with Gasteiger partial charge in [0.1, 0.15) is 11.5 Å². The van der Waals surface area contributed by atoms with Crippen LogP contribution in [0.15, 0.2) is 48.5 Å². The van der Waals surface area contributed by atoms with Gasteiger partial charge in [0.15, 0.2) is 0 Å². The summed E-state index contributed by atoms with van der Waals surface area (Å²) in [7, 11) is 0. The molecule has 0 fully saturated rings. The summed E-state index contributed by atoms with van der Waals surface area (Å²) in [5, 5.41) is 18.6. The van der Waals surface area contributed by atoms with E-state index in [1.165, 1.54) is 0 Å². The first kappa shape index (κ1) is 16.1. The lowest BCUT2D eigenvalue weighted by molar-refractivity contribution is 0.464. The molecule has 0 amide bonds. The lowest BCUT2D eigenvalue weighted by Crippen LogP contribution is -1.85. The molecule has 0 aromatic heterocycles. The van der Waals surface area contributed by atoms with Crippen molar-refractivity contribution in [1.82, 2.24) is 0 Å². The molecule has 0 aliphatic heterocycles. The molecular formula is C18H24O2. The molecule has 2 nitrogen and oxygen atoms in total. The van der Waals surface area contributed by atoms with Gasteiger partial charge in [-0.15, -0.1) is 0 Å². The van der Waals surface area contributed by atoms with E-state index in [2.05, 4.69) is 27.7 Å². The molecule has 108 valence electrons. The van der Waals surface area contributed by atoms with Crippen molar-refractivity contribution in [3.8, 4) is 11.5 Å². The zero-order valence-electron chi connectivity index (χ0n) is 12.7. The van der Waals surface area contributed by atoms with Crippen molar-refractivity contribution in [3.63, 3.8) is 0 Å². The first-order valence-electron chi connectivity index (χ1n) is 6.99. The molecule has 0 saturated carbocycles. The molecule has 0 heterocycles. The number of phenols is 2. The van der Waals surface area contributed by atoms with E-state index in [1.807, 2.05) is 36.4 Å². The molecule has 2 aromatic carbocycles. The van der Waals surface area contributed by atoms with Crippen molar-refractivity contribution in [2.45, 2.75) is 39.5 Å². The highest BCUT2D eigenvalue weighted by Crippen LogP contribution is 2.24. The largest absolute Gasteiger partial charge is 0.508 e. The average molecular weight is 272 g/mol. The fourth-order valence-electron chi connectivity index (χ4n) is 1.95. The molecule has 0 bridgehead atoms. The van der Waals surface area contributed by atoms with Crippen molar-refractivity contribution >= 4 is 0 Å². The van der Waals surface area contributed by atoms with Crippen LogP contribution in [0.3, 0.4) is 0 Å². The summed E-state index contributed by atoms with van der Waals surface area (Å²) in [6, 6.07) is 14.9. The van der Waals surface area contributed by atoms with E-state index in [0.717, 1.165) is 11.1 Å². The van der Waals surface area contributed by atoms with Crippen LogP contribution >= 0.6 is 0 Å². The number of hydrogen-bond donors (Lipinski definition) is 2. The predicted molar refractivity (Wildman–Crippen MR) is 84.4 cm³/mol. The number of para-hydroxylation sites is 2. The van der Waals surface area contributed by atoms with Gasteiger partial charge in [-0.1, -0.05) is 64.1 Å². The van der Waals surface area contributed by atoms with E-state index in [9.17, 15) is 10.2 Å². The minimum atomic E-state index is 0.400. The molecule has 2 aromatic rings. The number of aromatic hydroxyl groups is 2. The molecule has 0 radical (unpaired) electrons. The molecule has 0 aliphatic rings. The van der Waals surface area contributed by atoms with Crippen LogP contribution < -0.4 is 0 Å². The highest BCUT2D eigenvalue weighted by Gasteiger charge is 2.02. The quantitative estimate of drug-likeness (QED) is 0.804. The standard InChI is InChI=1S/2C9H12O/c2*1-7(2)8-5-3-4-6-9(8)10/h2*3-7,10H,1-2H3.